The fourth-order valence-electron chi connectivity index (χ4n) is 1.86. The van der Waals surface area contributed by atoms with Gasteiger partial charge in [0.05, 0.1) is 11.1 Å². The number of aromatic hydroxyl groups is 1. The number of halogens is 1. The van der Waals surface area contributed by atoms with Crippen LogP contribution in [0.15, 0.2) is 41.5 Å². The fraction of sp³-hybridized carbons (Fsp3) is 0.125. The molecule has 0 spiro atoms. The molecule has 0 fully saturated rings. The molecule has 0 bridgehead atoms. The molecule has 0 aliphatic rings. The Morgan fingerprint density at radius 1 is 1.44 bits per heavy atom. The average Bonchev–Trinajstić information content (AvgIpc) is 2.57. The second-order valence-corrected chi connectivity index (χ2v) is 5.37. The first-order valence-corrected chi connectivity index (χ1v) is 7.43. The predicted octanol–water partition coefficient (Wildman–Crippen LogP) is 2.79. The number of benzene rings is 2. The number of hydrazone groups is 1. The van der Waals surface area contributed by atoms with Gasteiger partial charge in [-0.3, -0.25) is 14.9 Å². The Kier molecular flexibility index (Phi) is 5.91. The number of phenolic OH excluding ortho intramolecular Hbond substituents is 1. The third kappa shape index (κ3) is 4.92. The van der Waals surface area contributed by atoms with E-state index in [4.69, 9.17) is 16.3 Å². The van der Waals surface area contributed by atoms with Crippen molar-refractivity contribution in [1.29, 1.82) is 0 Å². The maximum Gasteiger partial charge on any atom is 0.311 e. The Balaban J connectivity index is 1.91. The molecule has 0 saturated heterocycles. The van der Waals surface area contributed by atoms with Gasteiger partial charge in [-0.2, -0.15) is 5.10 Å². The number of ether oxygens (including phenoxy) is 1. The van der Waals surface area contributed by atoms with Crippen LogP contribution in [0.1, 0.15) is 11.1 Å². The standard InChI is InChI=1S/C16H14ClN3O5/c1-10-7-12(5-6-13(10)17)25-9-15(21)19-18-8-11-3-2-4-14(16(11)22)20(23)24/h2-8,22H,9H2,1H3,(H,19,21)/b18-8+. The molecule has 0 aliphatic heterocycles. The second kappa shape index (κ2) is 8.11. The van der Waals surface area contributed by atoms with Gasteiger partial charge in [-0.25, -0.2) is 5.43 Å². The van der Waals surface area contributed by atoms with Crippen molar-refractivity contribution in [1.82, 2.24) is 5.43 Å². The lowest BCUT2D eigenvalue weighted by Gasteiger charge is -2.06. The van der Waals surface area contributed by atoms with E-state index in [9.17, 15) is 20.0 Å². The molecular formula is C16H14ClN3O5. The minimum Gasteiger partial charge on any atom is -0.502 e. The van der Waals surface area contributed by atoms with E-state index in [1.807, 2.05) is 6.92 Å². The quantitative estimate of drug-likeness (QED) is 0.465. The molecular weight excluding hydrogens is 350 g/mol. The molecule has 0 aliphatic carbocycles. The van der Waals surface area contributed by atoms with Crippen LogP contribution in [0.3, 0.4) is 0 Å². The lowest BCUT2D eigenvalue weighted by Crippen LogP contribution is -2.24. The van der Waals surface area contributed by atoms with Crippen LogP contribution in [0.5, 0.6) is 11.5 Å². The van der Waals surface area contributed by atoms with Gasteiger partial charge in [-0.15, -0.1) is 0 Å². The van der Waals surface area contributed by atoms with Crippen LogP contribution >= 0.6 is 11.6 Å². The molecule has 0 saturated carbocycles. The SMILES string of the molecule is Cc1cc(OCC(=O)N/N=C/c2cccc([N+](=O)[O-])c2O)ccc1Cl. The highest BCUT2D eigenvalue weighted by atomic mass is 35.5. The third-order valence-electron chi connectivity index (χ3n) is 3.13. The maximum atomic E-state index is 11.7. The van der Waals surface area contributed by atoms with Gasteiger partial charge >= 0.3 is 5.69 Å². The normalized spacial score (nSPS) is 10.6. The van der Waals surface area contributed by atoms with Gasteiger partial charge in [0.2, 0.25) is 5.75 Å². The molecule has 2 rings (SSSR count). The van der Waals surface area contributed by atoms with E-state index in [2.05, 4.69) is 10.5 Å². The number of phenols is 1. The van der Waals surface area contributed by atoms with Crippen LogP contribution < -0.4 is 10.2 Å². The summed E-state index contributed by atoms with van der Waals surface area (Å²) in [5, 5.41) is 24.7. The molecule has 0 aromatic heterocycles. The zero-order valence-electron chi connectivity index (χ0n) is 13.1. The largest absolute Gasteiger partial charge is 0.502 e. The van der Waals surface area contributed by atoms with Gasteiger partial charge < -0.3 is 9.84 Å². The van der Waals surface area contributed by atoms with Crippen molar-refractivity contribution in [3.05, 3.63) is 62.7 Å². The number of nitrogens with one attached hydrogen (secondary N) is 1. The van der Waals surface area contributed by atoms with E-state index >= 15 is 0 Å². The van der Waals surface area contributed by atoms with E-state index in [1.165, 1.54) is 12.1 Å². The van der Waals surface area contributed by atoms with Crippen molar-refractivity contribution in [2.75, 3.05) is 6.61 Å². The second-order valence-electron chi connectivity index (χ2n) is 4.96. The molecule has 0 unspecified atom stereocenters. The summed E-state index contributed by atoms with van der Waals surface area (Å²) in [7, 11) is 0. The molecule has 2 aromatic rings. The highest BCUT2D eigenvalue weighted by Crippen LogP contribution is 2.27. The number of nitro groups is 1. The molecule has 0 heterocycles. The summed E-state index contributed by atoms with van der Waals surface area (Å²) >= 11 is 5.90. The van der Waals surface area contributed by atoms with Gasteiger partial charge in [-0.1, -0.05) is 17.7 Å². The summed E-state index contributed by atoms with van der Waals surface area (Å²) < 4.78 is 5.30. The highest BCUT2D eigenvalue weighted by Gasteiger charge is 2.15. The van der Waals surface area contributed by atoms with Crippen molar-refractivity contribution < 1.29 is 19.6 Å². The molecule has 9 heteroatoms. The molecule has 1 amide bonds. The summed E-state index contributed by atoms with van der Waals surface area (Å²) in [6.07, 6.45) is 1.10. The highest BCUT2D eigenvalue weighted by molar-refractivity contribution is 6.31. The first-order chi connectivity index (χ1) is 11.9. The Morgan fingerprint density at radius 2 is 2.20 bits per heavy atom. The number of amides is 1. The van der Waals surface area contributed by atoms with Crippen molar-refractivity contribution in [3.8, 4) is 11.5 Å². The van der Waals surface area contributed by atoms with Crippen molar-refractivity contribution >= 4 is 29.4 Å². The smallest absolute Gasteiger partial charge is 0.311 e. The van der Waals surface area contributed by atoms with Gasteiger partial charge in [0.15, 0.2) is 6.61 Å². The number of nitrogens with zero attached hydrogens (tertiary/aromatic N) is 2. The number of carbonyl (C=O) groups is 1. The van der Waals surface area contributed by atoms with E-state index in [0.717, 1.165) is 17.8 Å². The van der Waals surface area contributed by atoms with Crippen molar-refractivity contribution in [2.24, 2.45) is 5.10 Å². The van der Waals surface area contributed by atoms with Crippen molar-refractivity contribution in [2.45, 2.75) is 6.92 Å². The number of aryl methyl sites for hydroxylation is 1. The Morgan fingerprint density at radius 3 is 2.88 bits per heavy atom. The summed E-state index contributed by atoms with van der Waals surface area (Å²) in [6.45, 7) is 1.53. The van der Waals surface area contributed by atoms with Crippen LogP contribution in [-0.4, -0.2) is 28.8 Å². The number of para-hydroxylation sites is 1. The first kappa shape index (κ1) is 18.2. The van der Waals surface area contributed by atoms with Crippen LogP contribution in [0.2, 0.25) is 5.02 Å². The molecule has 130 valence electrons. The predicted molar refractivity (Wildman–Crippen MR) is 92.2 cm³/mol. The van der Waals surface area contributed by atoms with Gasteiger partial charge in [0.1, 0.15) is 5.75 Å². The molecule has 0 radical (unpaired) electrons. The fourth-order valence-corrected chi connectivity index (χ4v) is 1.98. The van der Waals surface area contributed by atoms with Gasteiger partial charge in [0, 0.05) is 16.7 Å². The minimum atomic E-state index is -0.715. The third-order valence-corrected chi connectivity index (χ3v) is 3.56. The van der Waals surface area contributed by atoms with Gasteiger partial charge in [-0.05, 0) is 36.8 Å². The minimum absolute atomic E-state index is 0.101. The number of rotatable bonds is 6. The summed E-state index contributed by atoms with van der Waals surface area (Å²) in [5.41, 5.74) is 2.67. The van der Waals surface area contributed by atoms with E-state index in [-0.39, 0.29) is 12.2 Å². The lowest BCUT2D eigenvalue weighted by atomic mass is 10.2. The number of hydrogen-bond acceptors (Lipinski definition) is 6. The molecule has 25 heavy (non-hydrogen) atoms. The Bertz CT molecular complexity index is 839. The van der Waals surface area contributed by atoms with Gasteiger partial charge in [0.25, 0.3) is 5.91 Å². The van der Waals surface area contributed by atoms with Crippen LogP contribution in [-0.2, 0) is 4.79 Å². The lowest BCUT2D eigenvalue weighted by molar-refractivity contribution is -0.385. The average molecular weight is 364 g/mol. The van der Waals surface area contributed by atoms with Crippen LogP contribution in [0, 0.1) is 17.0 Å². The molecule has 0 atom stereocenters. The zero-order chi connectivity index (χ0) is 18.4. The number of hydrogen-bond donors (Lipinski definition) is 2. The Hall–Kier alpha value is -3.13. The van der Waals surface area contributed by atoms with E-state index < -0.39 is 22.3 Å². The zero-order valence-corrected chi connectivity index (χ0v) is 13.9. The van der Waals surface area contributed by atoms with E-state index in [1.54, 1.807) is 18.2 Å². The van der Waals surface area contributed by atoms with Crippen LogP contribution in [0.25, 0.3) is 0 Å². The summed E-state index contributed by atoms with van der Waals surface area (Å²) in [6, 6.07) is 8.96. The molecule has 2 N–H and O–H groups in total. The summed E-state index contributed by atoms with van der Waals surface area (Å²) in [5.74, 6) is -0.579. The maximum absolute atomic E-state index is 11.7. The first-order valence-electron chi connectivity index (χ1n) is 7.05. The van der Waals surface area contributed by atoms with E-state index in [0.29, 0.717) is 10.8 Å². The number of carbonyl (C=O) groups excluding carboxylic acids is 1. The summed E-state index contributed by atoms with van der Waals surface area (Å²) in [4.78, 5) is 21.7. The monoisotopic (exact) mass is 363 g/mol. The topological polar surface area (TPSA) is 114 Å². The Labute approximate surface area is 147 Å². The molecule has 2 aromatic carbocycles. The van der Waals surface area contributed by atoms with Crippen LogP contribution in [0.4, 0.5) is 5.69 Å². The van der Waals surface area contributed by atoms with Crippen molar-refractivity contribution in [3.63, 3.8) is 0 Å². The molecule has 8 nitrogen and oxygen atoms in total. The number of nitro benzene ring substituents is 1.